The van der Waals surface area contributed by atoms with Gasteiger partial charge in [-0.25, -0.2) is 29.9 Å². The molecule has 18 aromatic rings. The molecule has 9 aromatic carbocycles. The summed E-state index contributed by atoms with van der Waals surface area (Å²) in [5.74, 6) is 0.407. The van der Waals surface area contributed by atoms with Crippen molar-refractivity contribution in [3.05, 3.63) is 356 Å². The highest BCUT2D eigenvalue weighted by Gasteiger charge is 2.41. The van der Waals surface area contributed by atoms with E-state index in [1.165, 1.54) is 50.1 Å². The van der Waals surface area contributed by atoms with Crippen LogP contribution in [0.2, 0.25) is 0 Å². The van der Waals surface area contributed by atoms with E-state index >= 15 is 0 Å². The number of aromatic nitrogens is 9. The fourth-order valence-electron chi connectivity index (χ4n) is 16.2. The Bertz CT molecular complexity index is 6940. The third-order valence-electron chi connectivity index (χ3n) is 21.0. The molecule has 0 fully saturated rings. The van der Waals surface area contributed by atoms with Crippen molar-refractivity contribution in [1.29, 1.82) is 0 Å². The smallest absolute Gasteiger partial charge is 0.0978 e. The Morgan fingerprint density at radius 1 is 0.255 bits per heavy atom. The minimum absolute atomic E-state index is 0.197. The standard InChI is InChI=1S/C50H30N4.C43H25N5/c1-2-7-29(8-3-1)44-40-10-4-5-11-42(40)54-50-41(44)24-18-33-19-25-43(53-49(33)50)37-21-15-31-16-22-38-36(20-14-30-17-23-39(37)46(31)45(30)38)35-27-34-13-12-32-9-6-26-51-47(32)48(34)52-28-35;1-2-7-26(8-3-1)39-32-10-4-5-11-36(32)47-43-33(39)19-14-29-16-22-38(48-42(29)43)37-23-18-30-25-31(17-21-34(30)45-37)35-20-15-28-13-12-27-9-6-24-44-40(27)41(28)46-35/h1-28,45-46H;1-25H. The third-order valence-corrected chi connectivity index (χ3v) is 21.0. The van der Waals surface area contributed by atoms with Crippen molar-refractivity contribution >= 4 is 131 Å². The van der Waals surface area contributed by atoms with E-state index in [0.29, 0.717) is 0 Å². The highest BCUT2D eigenvalue weighted by Crippen LogP contribution is 2.54. The Kier molecular flexibility index (Phi) is 12.9. The first-order valence-corrected chi connectivity index (χ1v) is 34.5. The van der Waals surface area contributed by atoms with Gasteiger partial charge in [-0.1, -0.05) is 237 Å². The van der Waals surface area contributed by atoms with Crippen LogP contribution in [0.5, 0.6) is 0 Å². The van der Waals surface area contributed by atoms with Gasteiger partial charge >= 0.3 is 0 Å². The monoisotopic (exact) mass is 1300 g/mol. The Morgan fingerprint density at radius 3 is 1.42 bits per heavy atom. The first-order chi connectivity index (χ1) is 50.5. The number of benzene rings is 9. The molecule has 472 valence electrons. The molecule has 0 amide bonds. The average Bonchev–Trinajstić information content (AvgIpc) is 0.725. The Hall–Kier alpha value is -13.6. The summed E-state index contributed by atoms with van der Waals surface area (Å²) in [6.45, 7) is 0. The molecule has 0 saturated carbocycles. The minimum atomic E-state index is 0.197. The van der Waals surface area contributed by atoms with Crippen molar-refractivity contribution in [1.82, 2.24) is 44.9 Å². The maximum absolute atomic E-state index is 5.46. The summed E-state index contributed by atoms with van der Waals surface area (Å²) in [4.78, 5) is 45.4. The molecule has 22 rings (SSSR count). The van der Waals surface area contributed by atoms with Gasteiger partial charge in [0.1, 0.15) is 0 Å². The van der Waals surface area contributed by atoms with Gasteiger partial charge in [0.05, 0.1) is 83.5 Å². The van der Waals surface area contributed by atoms with Crippen LogP contribution in [0.25, 0.3) is 176 Å². The summed E-state index contributed by atoms with van der Waals surface area (Å²) in [6, 6.07) is 88.8. The molecule has 9 nitrogen and oxygen atoms in total. The maximum Gasteiger partial charge on any atom is 0.0978 e. The molecule has 0 saturated heterocycles. The van der Waals surface area contributed by atoms with E-state index in [1.807, 2.05) is 42.9 Å². The van der Waals surface area contributed by atoms with Crippen LogP contribution in [0.1, 0.15) is 11.3 Å². The molecule has 2 atom stereocenters. The summed E-state index contributed by atoms with van der Waals surface area (Å²) in [5.41, 5.74) is 28.2. The molecule has 0 aliphatic heterocycles. The molecule has 9 heterocycles. The minimum Gasteiger partial charge on any atom is -0.254 e. The van der Waals surface area contributed by atoms with E-state index in [9.17, 15) is 0 Å². The second-order valence-corrected chi connectivity index (χ2v) is 26.7. The summed E-state index contributed by atoms with van der Waals surface area (Å²) in [7, 11) is 0. The second kappa shape index (κ2) is 23.0. The van der Waals surface area contributed by atoms with E-state index in [0.717, 1.165) is 159 Å². The van der Waals surface area contributed by atoms with Crippen molar-refractivity contribution in [2.75, 3.05) is 0 Å². The number of para-hydroxylation sites is 2. The van der Waals surface area contributed by atoms with E-state index in [2.05, 4.69) is 289 Å². The van der Waals surface area contributed by atoms with Crippen LogP contribution in [0.15, 0.2) is 344 Å². The largest absolute Gasteiger partial charge is 0.254 e. The molecule has 102 heavy (non-hydrogen) atoms. The summed E-state index contributed by atoms with van der Waals surface area (Å²) >= 11 is 0. The van der Waals surface area contributed by atoms with Crippen molar-refractivity contribution < 1.29 is 0 Å². The highest BCUT2D eigenvalue weighted by atomic mass is 14.8. The lowest BCUT2D eigenvalue weighted by Gasteiger charge is -2.42. The predicted octanol–water partition coefficient (Wildman–Crippen LogP) is 22.3. The van der Waals surface area contributed by atoms with Crippen molar-refractivity contribution in [2.45, 2.75) is 0 Å². The quantitative estimate of drug-likeness (QED) is 0.119. The molecular weight excluding hydrogens is 1240 g/mol. The van der Waals surface area contributed by atoms with E-state index in [-0.39, 0.29) is 11.8 Å². The molecule has 2 unspecified atom stereocenters. The number of rotatable bonds is 6. The number of hydrogen-bond acceptors (Lipinski definition) is 9. The van der Waals surface area contributed by atoms with Gasteiger partial charge in [-0.15, -0.1) is 0 Å². The number of fused-ring (bicyclic) bond motifs is 15. The van der Waals surface area contributed by atoms with Gasteiger partial charge in [0.2, 0.25) is 0 Å². The first-order valence-electron chi connectivity index (χ1n) is 34.5. The summed E-state index contributed by atoms with van der Waals surface area (Å²) < 4.78 is 0. The van der Waals surface area contributed by atoms with Crippen molar-refractivity contribution in [2.24, 2.45) is 11.8 Å². The normalized spacial score (nSPS) is 15.4. The SMILES string of the molecule is C1=CC2=C(c3ccc4ccc5c(-c6ccccc6)c6ccccc6nc5c4n3)C=CC3=CC=C4C(c5cnc6c(ccc7cccnc76)c5)=CC=C1C4C32.c1ccc(-c2c3ccccc3nc3c2ccc2ccc(-c4ccc5cc(-c6ccc7ccc8cccnc8c7n6)ccc5n4)nc23)cc1. The van der Waals surface area contributed by atoms with Gasteiger partial charge in [0, 0.05) is 118 Å². The van der Waals surface area contributed by atoms with Gasteiger partial charge in [0.25, 0.3) is 0 Å². The second-order valence-electron chi connectivity index (χ2n) is 26.7. The molecule has 4 aliphatic rings. The molecule has 0 bridgehead atoms. The number of nitrogens with zero attached hydrogens (tertiary/aromatic N) is 9. The van der Waals surface area contributed by atoms with Gasteiger partial charge in [-0.3, -0.25) is 15.0 Å². The van der Waals surface area contributed by atoms with Crippen LogP contribution in [0.4, 0.5) is 0 Å². The van der Waals surface area contributed by atoms with Crippen LogP contribution < -0.4 is 0 Å². The van der Waals surface area contributed by atoms with Gasteiger partial charge in [-0.05, 0) is 106 Å². The first kappa shape index (κ1) is 57.4. The molecular formula is C93H55N9. The zero-order valence-electron chi connectivity index (χ0n) is 54.8. The topological polar surface area (TPSA) is 116 Å². The van der Waals surface area contributed by atoms with Gasteiger partial charge < -0.3 is 0 Å². The molecule has 9 aromatic heterocycles. The summed E-state index contributed by atoms with van der Waals surface area (Å²) in [6.07, 6.45) is 24.1. The summed E-state index contributed by atoms with van der Waals surface area (Å²) in [5, 5.41) is 12.0. The Balaban J connectivity index is 0.000000134. The Labute approximate surface area is 584 Å². The van der Waals surface area contributed by atoms with Crippen LogP contribution >= 0.6 is 0 Å². The number of hydrogen-bond donors (Lipinski definition) is 0. The zero-order chi connectivity index (χ0) is 66.9. The maximum atomic E-state index is 5.46. The predicted molar refractivity (Wildman–Crippen MR) is 418 cm³/mol. The number of pyridine rings is 9. The fourth-order valence-corrected chi connectivity index (χ4v) is 16.2. The lowest BCUT2D eigenvalue weighted by Crippen LogP contribution is -2.30. The van der Waals surface area contributed by atoms with Crippen LogP contribution in [-0.4, -0.2) is 44.9 Å². The molecule has 4 aliphatic carbocycles. The van der Waals surface area contributed by atoms with E-state index < -0.39 is 0 Å². The molecule has 0 N–H and O–H groups in total. The van der Waals surface area contributed by atoms with Crippen molar-refractivity contribution in [3.8, 4) is 44.9 Å². The Morgan fingerprint density at radius 2 is 0.745 bits per heavy atom. The lowest BCUT2D eigenvalue weighted by atomic mass is 9.61. The van der Waals surface area contributed by atoms with Gasteiger partial charge in [0.15, 0.2) is 0 Å². The molecule has 9 heteroatoms. The van der Waals surface area contributed by atoms with Crippen LogP contribution in [-0.2, 0) is 0 Å². The zero-order valence-corrected chi connectivity index (χ0v) is 54.8. The van der Waals surface area contributed by atoms with E-state index in [1.54, 1.807) is 0 Å². The average molecular weight is 1300 g/mol. The third kappa shape index (κ3) is 9.29. The van der Waals surface area contributed by atoms with Crippen LogP contribution in [0.3, 0.4) is 0 Å². The highest BCUT2D eigenvalue weighted by molar-refractivity contribution is 6.18. The number of allylic oxidation sites excluding steroid dienone is 14. The fraction of sp³-hybridized carbons (Fsp3) is 0.0215. The van der Waals surface area contributed by atoms with Crippen LogP contribution in [0, 0.1) is 11.8 Å². The van der Waals surface area contributed by atoms with Crippen molar-refractivity contribution in [3.63, 3.8) is 0 Å². The van der Waals surface area contributed by atoms with E-state index in [4.69, 9.17) is 34.9 Å². The molecule has 0 spiro atoms. The molecule has 0 radical (unpaired) electrons. The van der Waals surface area contributed by atoms with Gasteiger partial charge in [-0.2, -0.15) is 0 Å². The lowest BCUT2D eigenvalue weighted by molar-refractivity contribution is 0.569.